The number of esters is 1. The highest BCUT2D eigenvalue weighted by molar-refractivity contribution is 7.13. The second-order valence-electron chi connectivity index (χ2n) is 6.26. The smallest absolute Gasteiger partial charge is 0.358 e. The Labute approximate surface area is 170 Å². The zero-order valence-corrected chi connectivity index (χ0v) is 16.3. The van der Waals surface area contributed by atoms with E-state index in [0.717, 1.165) is 5.56 Å². The van der Waals surface area contributed by atoms with Gasteiger partial charge in [0, 0.05) is 17.5 Å². The van der Waals surface area contributed by atoms with Crippen LogP contribution in [-0.2, 0) is 16.0 Å². The summed E-state index contributed by atoms with van der Waals surface area (Å²) in [5.74, 6) is -1.82. The van der Waals surface area contributed by atoms with Gasteiger partial charge in [-0.1, -0.05) is 12.1 Å². The van der Waals surface area contributed by atoms with E-state index in [4.69, 9.17) is 4.74 Å². The molecule has 5 nitrogen and oxygen atoms in total. The molecule has 1 aromatic heterocycles. The van der Waals surface area contributed by atoms with Crippen molar-refractivity contribution < 1.29 is 23.1 Å². The van der Waals surface area contributed by atoms with E-state index in [1.807, 2.05) is 0 Å². The molecule has 0 spiro atoms. The lowest BCUT2D eigenvalue weighted by Crippen LogP contribution is -2.37. The van der Waals surface area contributed by atoms with Crippen molar-refractivity contribution in [1.82, 2.24) is 10.3 Å². The molecule has 0 bridgehead atoms. The van der Waals surface area contributed by atoms with E-state index in [9.17, 15) is 18.4 Å². The van der Waals surface area contributed by atoms with E-state index in [0.29, 0.717) is 23.5 Å². The number of hydrogen-bond acceptors (Lipinski definition) is 5. The maximum Gasteiger partial charge on any atom is 0.358 e. The van der Waals surface area contributed by atoms with Crippen LogP contribution in [0.1, 0.15) is 23.0 Å². The van der Waals surface area contributed by atoms with Crippen molar-refractivity contribution in [3.63, 3.8) is 0 Å². The van der Waals surface area contributed by atoms with Gasteiger partial charge >= 0.3 is 5.97 Å². The van der Waals surface area contributed by atoms with Crippen LogP contribution in [0.4, 0.5) is 8.78 Å². The summed E-state index contributed by atoms with van der Waals surface area (Å²) >= 11 is 1.22. The number of benzene rings is 2. The summed E-state index contributed by atoms with van der Waals surface area (Å²) in [4.78, 5) is 28.5. The largest absolute Gasteiger partial charge is 0.448 e. The number of ether oxygens (including phenoxy) is 1. The molecule has 1 heterocycles. The predicted molar refractivity (Wildman–Crippen MR) is 105 cm³/mol. The van der Waals surface area contributed by atoms with Gasteiger partial charge in [0.05, 0.1) is 0 Å². The SMILES string of the molecule is C[C@H](OC(=O)c1csc(-c2ccc(F)cc2)n1)C(=O)NCCc1ccc(F)cc1. The molecule has 8 heteroatoms. The van der Waals surface area contributed by atoms with Gasteiger partial charge in [-0.05, 0) is 55.3 Å². The lowest BCUT2D eigenvalue weighted by molar-refractivity contribution is -0.129. The summed E-state index contributed by atoms with van der Waals surface area (Å²) in [7, 11) is 0. The highest BCUT2D eigenvalue weighted by Gasteiger charge is 2.20. The number of nitrogens with zero attached hydrogens (tertiary/aromatic N) is 1. The summed E-state index contributed by atoms with van der Waals surface area (Å²) < 4.78 is 31.1. The molecule has 1 atom stereocenters. The van der Waals surface area contributed by atoms with E-state index in [2.05, 4.69) is 10.3 Å². The van der Waals surface area contributed by atoms with Crippen molar-refractivity contribution >= 4 is 23.2 Å². The second kappa shape index (κ2) is 9.38. The van der Waals surface area contributed by atoms with Gasteiger partial charge in [-0.3, -0.25) is 4.79 Å². The first kappa shape index (κ1) is 20.6. The number of nitrogens with one attached hydrogen (secondary N) is 1. The van der Waals surface area contributed by atoms with Crippen molar-refractivity contribution in [2.24, 2.45) is 0 Å². The summed E-state index contributed by atoms with van der Waals surface area (Å²) in [5.41, 5.74) is 1.65. The van der Waals surface area contributed by atoms with Gasteiger partial charge in [0.15, 0.2) is 11.8 Å². The molecule has 2 aromatic carbocycles. The molecule has 0 fully saturated rings. The molecule has 0 aliphatic carbocycles. The van der Waals surface area contributed by atoms with Crippen LogP contribution < -0.4 is 5.32 Å². The Balaban J connectivity index is 1.50. The van der Waals surface area contributed by atoms with Gasteiger partial charge in [0.1, 0.15) is 16.6 Å². The molecule has 0 saturated heterocycles. The Kier molecular flexibility index (Phi) is 6.66. The van der Waals surface area contributed by atoms with Crippen LogP contribution in [-0.4, -0.2) is 29.5 Å². The average Bonchev–Trinajstić information content (AvgIpc) is 3.20. The Morgan fingerprint density at radius 1 is 1.07 bits per heavy atom. The van der Waals surface area contributed by atoms with Gasteiger partial charge in [-0.25, -0.2) is 18.6 Å². The zero-order valence-electron chi connectivity index (χ0n) is 15.5. The van der Waals surface area contributed by atoms with Crippen LogP contribution in [0.2, 0.25) is 0 Å². The molecule has 3 aromatic rings. The van der Waals surface area contributed by atoms with Crippen LogP contribution in [0.5, 0.6) is 0 Å². The molecule has 1 amide bonds. The maximum absolute atomic E-state index is 13.0. The van der Waals surface area contributed by atoms with Crippen molar-refractivity contribution in [2.45, 2.75) is 19.4 Å². The third-order valence-electron chi connectivity index (χ3n) is 4.08. The van der Waals surface area contributed by atoms with E-state index >= 15 is 0 Å². The standard InChI is InChI=1S/C21H18F2N2O3S/c1-13(19(26)24-11-10-14-2-6-16(22)7-3-14)28-21(27)18-12-29-20(25-18)15-4-8-17(23)9-5-15/h2-9,12-13H,10-11H2,1H3,(H,24,26)/t13-/m0/s1. The topological polar surface area (TPSA) is 68.3 Å². The Morgan fingerprint density at radius 3 is 2.34 bits per heavy atom. The van der Waals surface area contributed by atoms with Crippen LogP contribution in [0.25, 0.3) is 10.6 Å². The number of aromatic nitrogens is 1. The maximum atomic E-state index is 13.0. The monoisotopic (exact) mass is 416 g/mol. The van der Waals surface area contributed by atoms with Gasteiger partial charge in [-0.2, -0.15) is 0 Å². The van der Waals surface area contributed by atoms with Crippen molar-refractivity contribution in [1.29, 1.82) is 0 Å². The molecule has 0 radical (unpaired) electrons. The Morgan fingerprint density at radius 2 is 1.69 bits per heavy atom. The van der Waals surface area contributed by atoms with Crippen molar-refractivity contribution in [3.05, 3.63) is 76.8 Å². The van der Waals surface area contributed by atoms with Gasteiger partial charge in [0.2, 0.25) is 0 Å². The fraction of sp³-hybridized carbons (Fsp3) is 0.190. The Bertz CT molecular complexity index is 988. The minimum Gasteiger partial charge on any atom is -0.448 e. The van der Waals surface area contributed by atoms with E-state index in [1.165, 1.54) is 47.9 Å². The van der Waals surface area contributed by atoms with Crippen molar-refractivity contribution in [2.75, 3.05) is 6.54 Å². The molecule has 0 aliphatic rings. The summed E-state index contributed by atoms with van der Waals surface area (Å²) in [6, 6.07) is 11.8. The summed E-state index contributed by atoms with van der Waals surface area (Å²) in [6.45, 7) is 1.80. The van der Waals surface area contributed by atoms with Gasteiger partial charge in [-0.15, -0.1) is 11.3 Å². The number of amides is 1. The van der Waals surface area contributed by atoms with E-state index < -0.39 is 18.0 Å². The minimum atomic E-state index is -0.994. The van der Waals surface area contributed by atoms with Gasteiger partial charge in [0.25, 0.3) is 5.91 Å². The number of halogens is 2. The molecule has 150 valence electrons. The normalized spacial score (nSPS) is 11.7. The number of hydrogen-bond donors (Lipinski definition) is 1. The van der Waals surface area contributed by atoms with Crippen LogP contribution in [0.3, 0.4) is 0 Å². The number of carbonyl (C=O) groups is 2. The highest BCUT2D eigenvalue weighted by atomic mass is 32.1. The third-order valence-corrected chi connectivity index (χ3v) is 4.98. The molecule has 0 aliphatic heterocycles. The Hall–Kier alpha value is -3.13. The zero-order chi connectivity index (χ0) is 20.8. The molecular weight excluding hydrogens is 398 g/mol. The first-order valence-electron chi connectivity index (χ1n) is 8.87. The fourth-order valence-corrected chi connectivity index (χ4v) is 3.29. The molecule has 0 unspecified atom stereocenters. The van der Waals surface area contributed by atoms with Gasteiger partial charge < -0.3 is 10.1 Å². The van der Waals surface area contributed by atoms with Crippen LogP contribution in [0.15, 0.2) is 53.9 Å². The average molecular weight is 416 g/mol. The molecule has 29 heavy (non-hydrogen) atoms. The quantitative estimate of drug-likeness (QED) is 0.592. The number of rotatable bonds is 7. The molecule has 1 N–H and O–H groups in total. The lowest BCUT2D eigenvalue weighted by atomic mass is 10.1. The fourth-order valence-electron chi connectivity index (χ4n) is 2.49. The first-order valence-corrected chi connectivity index (χ1v) is 9.75. The predicted octanol–water partition coefficient (Wildman–Crippen LogP) is 3.99. The highest BCUT2D eigenvalue weighted by Crippen LogP contribution is 2.24. The second-order valence-corrected chi connectivity index (χ2v) is 7.12. The van der Waals surface area contributed by atoms with Crippen LogP contribution >= 0.6 is 11.3 Å². The summed E-state index contributed by atoms with van der Waals surface area (Å²) in [6.07, 6.45) is -0.466. The number of thiazole rings is 1. The third kappa shape index (κ3) is 5.68. The number of carbonyl (C=O) groups excluding carboxylic acids is 2. The van der Waals surface area contributed by atoms with E-state index in [1.54, 1.807) is 24.3 Å². The summed E-state index contributed by atoms with van der Waals surface area (Å²) in [5, 5.41) is 4.75. The van der Waals surface area contributed by atoms with E-state index in [-0.39, 0.29) is 17.3 Å². The first-order chi connectivity index (χ1) is 13.9. The minimum absolute atomic E-state index is 0.0836. The molecule has 3 rings (SSSR count). The molecular formula is C21H18F2N2O3S. The lowest BCUT2D eigenvalue weighted by Gasteiger charge is -2.12. The van der Waals surface area contributed by atoms with Crippen molar-refractivity contribution in [3.8, 4) is 10.6 Å². The van der Waals surface area contributed by atoms with Crippen LogP contribution in [0, 0.1) is 11.6 Å². The molecule has 0 saturated carbocycles.